The van der Waals surface area contributed by atoms with E-state index in [-0.39, 0.29) is 5.82 Å². The van der Waals surface area contributed by atoms with E-state index in [2.05, 4.69) is 35.1 Å². The Bertz CT molecular complexity index is 364. The van der Waals surface area contributed by atoms with Crippen LogP contribution in [0.1, 0.15) is 39.5 Å². The van der Waals surface area contributed by atoms with Crippen LogP contribution >= 0.6 is 15.9 Å². The highest BCUT2D eigenvalue weighted by molar-refractivity contribution is 9.10. The smallest absolute Gasteiger partial charge is 0.128 e. The molecule has 0 aromatic heterocycles. The van der Waals surface area contributed by atoms with Crippen LogP contribution in [0.15, 0.2) is 22.7 Å². The lowest BCUT2D eigenvalue weighted by molar-refractivity contribution is 0.303. The van der Waals surface area contributed by atoms with E-state index in [1.165, 1.54) is 25.0 Å². The van der Waals surface area contributed by atoms with Gasteiger partial charge >= 0.3 is 0 Å². The van der Waals surface area contributed by atoms with Crippen LogP contribution in [0, 0.1) is 11.7 Å². The van der Waals surface area contributed by atoms with Crippen molar-refractivity contribution < 1.29 is 9.13 Å². The molecule has 0 radical (unpaired) electrons. The van der Waals surface area contributed by atoms with E-state index in [0.717, 1.165) is 25.9 Å². The summed E-state index contributed by atoms with van der Waals surface area (Å²) in [5.41, 5.74) is 0. The molecule has 0 bridgehead atoms. The summed E-state index contributed by atoms with van der Waals surface area (Å²) < 4.78 is 19.4. The Labute approximate surface area is 130 Å². The van der Waals surface area contributed by atoms with Crippen LogP contribution in [0.2, 0.25) is 0 Å². The van der Waals surface area contributed by atoms with Gasteiger partial charge < -0.3 is 10.1 Å². The van der Waals surface area contributed by atoms with Crippen LogP contribution in [0.3, 0.4) is 0 Å². The minimum absolute atomic E-state index is 0.273. The number of halogens is 2. The van der Waals surface area contributed by atoms with Crippen molar-refractivity contribution >= 4 is 15.9 Å². The highest BCUT2D eigenvalue weighted by atomic mass is 79.9. The molecule has 0 saturated heterocycles. The largest absolute Gasteiger partial charge is 0.493 e. The minimum Gasteiger partial charge on any atom is -0.493 e. The van der Waals surface area contributed by atoms with Crippen LogP contribution in [0.5, 0.6) is 5.75 Å². The van der Waals surface area contributed by atoms with E-state index >= 15 is 0 Å². The highest BCUT2D eigenvalue weighted by Crippen LogP contribution is 2.20. The molecular weight excluding hydrogens is 321 g/mol. The van der Waals surface area contributed by atoms with Crippen LogP contribution < -0.4 is 10.1 Å². The van der Waals surface area contributed by atoms with Crippen molar-refractivity contribution in [1.29, 1.82) is 0 Å². The van der Waals surface area contributed by atoms with Crippen molar-refractivity contribution in [3.63, 3.8) is 0 Å². The van der Waals surface area contributed by atoms with E-state index in [1.807, 2.05) is 0 Å². The van der Waals surface area contributed by atoms with Crippen molar-refractivity contribution in [3.05, 3.63) is 28.5 Å². The Balaban J connectivity index is 1.99. The molecule has 0 atom stereocenters. The maximum Gasteiger partial charge on any atom is 0.128 e. The first-order valence-electron chi connectivity index (χ1n) is 7.37. The van der Waals surface area contributed by atoms with Gasteiger partial charge in [-0.2, -0.15) is 0 Å². The molecule has 4 heteroatoms. The fourth-order valence-corrected chi connectivity index (χ4v) is 2.34. The van der Waals surface area contributed by atoms with E-state index < -0.39 is 0 Å². The first-order chi connectivity index (χ1) is 9.58. The van der Waals surface area contributed by atoms with Crippen molar-refractivity contribution in [2.45, 2.75) is 39.5 Å². The van der Waals surface area contributed by atoms with Crippen molar-refractivity contribution in [1.82, 2.24) is 5.32 Å². The average molecular weight is 346 g/mol. The van der Waals surface area contributed by atoms with Crippen molar-refractivity contribution in [2.24, 2.45) is 5.92 Å². The Morgan fingerprint density at radius 2 is 1.90 bits per heavy atom. The number of hydrogen-bond donors (Lipinski definition) is 1. The normalized spacial score (nSPS) is 11.1. The second-order valence-electron chi connectivity index (χ2n) is 5.47. The number of hydrogen-bond acceptors (Lipinski definition) is 2. The molecule has 0 unspecified atom stereocenters. The Kier molecular flexibility index (Phi) is 8.86. The molecule has 0 fully saturated rings. The number of benzene rings is 1. The van der Waals surface area contributed by atoms with E-state index in [1.54, 1.807) is 6.07 Å². The summed E-state index contributed by atoms with van der Waals surface area (Å²) in [6.07, 6.45) is 4.58. The Hall–Kier alpha value is -0.610. The molecule has 0 aliphatic rings. The van der Waals surface area contributed by atoms with Gasteiger partial charge in [-0.15, -0.1) is 0 Å². The minimum atomic E-state index is -0.273. The summed E-state index contributed by atoms with van der Waals surface area (Å²) in [4.78, 5) is 0. The fraction of sp³-hybridized carbons (Fsp3) is 0.625. The molecule has 0 saturated carbocycles. The van der Waals surface area contributed by atoms with Gasteiger partial charge in [-0.05, 0) is 44.0 Å². The summed E-state index contributed by atoms with van der Waals surface area (Å²) in [5, 5.41) is 3.44. The van der Waals surface area contributed by atoms with Crippen LogP contribution in [0.4, 0.5) is 4.39 Å². The van der Waals surface area contributed by atoms with Gasteiger partial charge in [0.1, 0.15) is 11.6 Å². The summed E-state index contributed by atoms with van der Waals surface area (Å²) in [7, 11) is 0. The molecule has 0 heterocycles. The van der Waals surface area contributed by atoms with Gasteiger partial charge in [-0.3, -0.25) is 0 Å². The van der Waals surface area contributed by atoms with Gasteiger partial charge in [-0.25, -0.2) is 4.39 Å². The molecule has 0 aliphatic heterocycles. The topological polar surface area (TPSA) is 21.3 Å². The monoisotopic (exact) mass is 345 g/mol. The average Bonchev–Trinajstić information content (AvgIpc) is 2.35. The summed E-state index contributed by atoms with van der Waals surface area (Å²) in [6, 6.07) is 4.64. The standard InChI is InChI=1S/C16H25BrFNO/c1-13(2)12-19-7-5-3-4-6-8-20-16-10-14(17)9-15(18)11-16/h9-11,13,19H,3-8,12H2,1-2H3. The second-order valence-corrected chi connectivity index (χ2v) is 6.38. The summed E-state index contributed by atoms with van der Waals surface area (Å²) >= 11 is 3.25. The molecule has 1 rings (SSSR count). The lowest BCUT2D eigenvalue weighted by atomic mass is 10.2. The summed E-state index contributed by atoms with van der Waals surface area (Å²) in [6.45, 7) is 7.27. The van der Waals surface area contributed by atoms with Crippen LogP contribution in [0.25, 0.3) is 0 Å². The molecule has 2 nitrogen and oxygen atoms in total. The number of ether oxygens (including phenoxy) is 1. The van der Waals surface area contributed by atoms with Crippen LogP contribution in [-0.4, -0.2) is 19.7 Å². The zero-order valence-electron chi connectivity index (χ0n) is 12.4. The molecule has 0 spiro atoms. The second kappa shape index (κ2) is 10.2. The van der Waals surface area contributed by atoms with Gasteiger partial charge in [0, 0.05) is 10.5 Å². The van der Waals surface area contributed by atoms with Gasteiger partial charge in [-0.1, -0.05) is 42.6 Å². The Morgan fingerprint density at radius 3 is 2.60 bits per heavy atom. The van der Waals surface area contributed by atoms with Gasteiger partial charge in [0.05, 0.1) is 6.61 Å². The molecular formula is C16H25BrFNO. The first-order valence-corrected chi connectivity index (χ1v) is 8.17. The third kappa shape index (κ3) is 8.54. The summed E-state index contributed by atoms with van der Waals surface area (Å²) in [5.74, 6) is 1.04. The number of rotatable bonds is 10. The van der Waals surface area contributed by atoms with Crippen LogP contribution in [-0.2, 0) is 0 Å². The predicted molar refractivity (Wildman–Crippen MR) is 85.8 cm³/mol. The maximum atomic E-state index is 13.1. The van der Waals surface area contributed by atoms with E-state index in [9.17, 15) is 4.39 Å². The first kappa shape index (κ1) is 17.4. The molecule has 0 aliphatic carbocycles. The SMILES string of the molecule is CC(C)CNCCCCCCOc1cc(F)cc(Br)c1. The Morgan fingerprint density at radius 1 is 1.15 bits per heavy atom. The molecule has 1 N–H and O–H groups in total. The van der Waals surface area contributed by atoms with Gasteiger partial charge in [0.15, 0.2) is 0 Å². The molecule has 20 heavy (non-hydrogen) atoms. The third-order valence-corrected chi connectivity index (χ3v) is 3.36. The fourth-order valence-electron chi connectivity index (χ4n) is 1.90. The lowest BCUT2D eigenvalue weighted by Gasteiger charge is -2.08. The lowest BCUT2D eigenvalue weighted by Crippen LogP contribution is -2.20. The van der Waals surface area contributed by atoms with Gasteiger partial charge in [0.2, 0.25) is 0 Å². The molecule has 114 valence electrons. The maximum absolute atomic E-state index is 13.1. The van der Waals surface area contributed by atoms with Crippen molar-refractivity contribution in [2.75, 3.05) is 19.7 Å². The predicted octanol–water partition coefficient (Wildman–Crippen LogP) is 4.77. The zero-order chi connectivity index (χ0) is 14.8. The van der Waals surface area contributed by atoms with Crippen molar-refractivity contribution in [3.8, 4) is 5.75 Å². The zero-order valence-corrected chi connectivity index (χ0v) is 14.0. The highest BCUT2D eigenvalue weighted by Gasteiger charge is 2.00. The number of unbranched alkanes of at least 4 members (excludes halogenated alkanes) is 3. The third-order valence-electron chi connectivity index (χ3n) is 2.91. The quantitative estimate of drug-likeness (QED) is 0.616. The molecule has 1 aromatic carbocycles. The molecule has 0 amide bonds. The molecule has 1 aromatic rings. The van der Waals surface area contributed by atoms with E-state index in [0.29, 0.717) is 22.7 Å². The van der Waals surface area contributed by atoms with Gasteiger partial charge in [0.25, 0.3) is 0 Å². The number of nitrogens with one attached hydrogen (secondary N) is 1. The van der Waals surface area contributed by atoms with E-state index in [4.69, 9.17) is 4.74 Å².